The Morgan fingerprint density at radius 1 is 1.38 bits per heavy atom. The van der Waals surface area contributed by atoms with Gasteiger partial charge in [0.2, 0.25) is 0 Å². The Morgan fingerprint density at radius 2 is 1.92 bits per heavy atom. The first-order valence-electron chi connectivity index (χ1n) is 4.51. The summed E-state index contributed by atoms with van der Waals surface area (Å²) in [5, 5.41) is 0. The third-order valence-electron chi connectivity index (χ3n) is 1.83. The molecule has 78 valence electrons. The summed E-state index contributed by atoms with van der Waals surface area (Å²) in [4.78, 5) is 11.3. The van der Waals surface area contributed by atoms with Gasteiger partial charge in [-0.15, -0.1) is 0 Å². The summed E-state index contributed by atoms with van der Waals surface area (Å²) in [7, 11) is 1.58. The molecule has 0 aromatic rings. The Hall–Kier alpha value is -0.610. The molecule has 0 aliphatic rings. The molecule has 0 bridgehead atoms. The number of carbonyl (C=O) groups is 1. The molecule has 0 saturated heterocycles. The maximum Gasteiger partial charge on any atom is 0.365 e. The second kappa shape index (κ2) is 5.94. The van der Waals surface area contributed by atoms with Crippen molar-refractivity contribution < 1.29 is 20.0 Å². The minimum absolute atomic E-state index is 0.194. The van der Waals surface area contributed by atoms with Gasteiger partial charge in [-0.25, -0.2) is 4.79 Å². The van der Waals surface area contributed by atoms with Crippen LogP contribution in [0, 0.1) is 5.92 Å². The van der Waals surface area contributed by atoms with Crippen molar-refractivity contribution >= 4 is 5.97 Å². The lowest BCUT2D eigenvalue weighted by Crippen LogP contribution is -2.68. The molecule has 0 amide bonds. The number of methoxy groups -OCH3 is 1. The van der Waals surface area contributed by atoms with E-state index in [2.05, 4.69) is 5.73 Å². The van der Waals surface area contributed by atoms with E-state index in [0.717, 1.165) is 0 Å². The molecule has 0 aromatic heterocycles. The van der Waals surface area contributed by atoms with Gasteiger partial charge in [0.25, 0.3) is 0 Å². The molecule has 0 rings (SSSR count). The van der Waals surface area contributed by atoms with Crippen LogP contribution in [-0.2, 0) is 14.3 Å². The van der Waals surface area contributed by atoms with Crippen molar-refractivity contribution in [3.8, 4) is 0 Å². The zero-order valence-corrected chi connectivity index (χ0v) is 8.87. The molecule has 0 fully saturated rings. The molecule has 2 atom stereocenters. The fourth-order valence-electron chi connectivity index (χ4n) is 0.827. The Labute approximate surface area is 79.4 Å². The largest absolute Gasteiger partial charge is 0.456 e. The fraction of sp³-hybridized carbons (Fsp3) is 0.889. The first-order chi connectivity index (χ1) is 5.99. The summed E-state index contributed by atoms with van der Waals surface area (Å²) in [5.74, 6) is -0.0400. The molecule has 0 radical (unpaired) electrons. The van der Waals surface area contributed by atoms with Gasteiger partial charge in [0.05, 0.1) is 6.61 Å². The fourth-order valence-corrected chi connectivity index (χ4v) is 0.827. The third kappa shape index (κ3) is 4.85. The van der Waals surface area contributed by atoms with Gasteiger partial charge < -0.3 is 15.2 Å². The quantitative estimate of drug-likeness (QED) is 0.612. The Morgan fingerprint density at radius 3 is 2.31 bits per heavy atom. The van der Waals surface area contributed by atoms with E-state index in [1.54, 1.807) is 14.0 Å². The van der Waals surface area contributed by atoms with Crippen LogP contribution in [0.2, 0.25) is 0 Å². The minimum Gasteiger partial charge on any atom is -0.456 e. The number of quaternary nitrogens is 1. The summed E-state index contributed by atoms with van der Waals surface area (Å²) in [5.41, 5.74) is 3.74. The Bertz CT molecular complexity index is 159. The molecule has 0 aliphatic heterocycles. The zero-order chi connectivity index (χ0) is 10.4. The van der Waals surface area contributed by atoms with E-state index in [1.807, 2.05) is 13.8 Å². The van der Waals surface area contributed by atoms with Crippen LogP contribution in [0.1, 0.15) is 20.8 Å². The topological polar surface area (TPSA) is 63.2 Å². The molecule has 2 unspecified atom stereocenters. The predicted molar refractivity (Wildman–Crippen MR) is 48.9 cm³/mol. The van der Waals surface area contributed by atoms with Crippen LogP contribution in [0.5, 0.6) is 0 Å². The highest BCUT2D eigenvalue weighted by Gasteiger charge is 2.24. The minimum atomic E-state index is -0.292. The SMILES string of the molecule is COCC(C)OC(=O)C([NH3+])C(C)C. The summed E-state index contributed by atoms with van der Waals surface area (Å²) in [6.45, 7) is 6.12. The Balaban J connectivity index is 3.85. The maximum atomic E-state index is 11.3. The van der Waals surface area contributed by atoms with Crippen LogP contribution in [0.25, 0.3) is 0 Å². The van der Waals surface area contributed by atoms with Crippen LogP contribution >= 0.6 is 0 Å². The standard InChI is InChI=1S/C9H19NO3/c1-6(2)8(10)9(11)13-7(3)5-12-4/h6-8H,5,10H2,1-4H3/p+1. The summed E-state index contributed by atoms with van der Waals surface area (Å²) >= 11 is 0. The molecular weight excluding hydrogens is 170 g/mol. The van der Waals surface area contributed by atoms with E-state index in [1.165, 1.54) is 0 Å². The molecule has 0 aromatic carbocycles. The van der Waals surface area contributed by atoms with Gasteiger partial charge >= 0.3 is 5.97 Å². The molecule has 4 heteroatoms. The second-order valence-electron chi connectivity index (χ2n) is 3.55. The number of hydrogen-bond donors (Lipinski definition) is 1. The second-order valence-corrected chi connectivity index (χ2v) is 3.55. The monoisotopic (exact) mass is 190 g/mol. The third-order valence-corrected chi connectivity index (χ3v) is 1.83. The van der Waals surface area contributed by atoms with E-state index in [-0.39, 0.29) is 24.0 Å². The number of hydrogen-bond acceptors (Lipinski definition) is 3. The molecule has 0 heterocycles. The van der Waals surface area contributed by atoms with E-state index < -0.39 is 0 Å². The van der Waals surface area contributed by atoms with E-state index in [4.69, 9.17) is 9.47 Å². The summed E-state index contributed by atoms with van der Waals surface area (Å²) in [6, 6.07) is -0.292. The Kier molecular flexibility index (Phi) is 5.66. The first kappa shape index (κ1) is 12.4. The zero-order valence-electron chi connectivity index (χ0n) is 8.87. The highest BCUT2D eigenvalue weighted by molar-refractivity contribution is 5.74. The van der Waals surface area contributed by atoms with Crippen LogP contribution in [-0.4, -0.2) is 31.8 Å². The van der Waals surface area contributed by atoms with Crippen LogP contribution < -0.4 is 5.73 Å². The van der Waals surface area contributed by atoms with Crippen molar-refractivity contribution in [3.63, 3.8) is 0 Å². The summed E-state index contributed by atoms with van der Waals surface area (Å²) < 4.78 is 9.93. The van der Waals surface area contributed by atoms with Gasteiger partial charge in [0.15, 0.2) is 6.04 Å². The molecule has 0 aliphatic carbocycles. The lowest BCUT2D eigenvalue weighted by Gasteiger charge is -2.15. The lowest BCUT2D eigenvalue weighted by molar-refractivity contribution is -0.419. The van der Waals surface area contributed by atoms with Crippen molar-refractivity contribution in [2.75, 3.05) is 13.7 Å². The van der Waals surface area contributed by atoms with Crippen molar-refractivity contribution in [1.29, 1.82) is 0 Å². The average molecular weight is 190 g/mol. The lowest BCUT2D eigenvalue weighted by atomic mass is 10.1. The van der Waals surface area contributed by atoms with Gasteiger partial charge in [0.1, 0.15) is 6.10 Å². The number of esters is 1. The van der Waals surface area contributed by atoms with Crippen LogP contribution in [0.15, 0.2) is 0 Å². The van der Waals surface area contributed by atoms with Crippen LogP contribution in [0.3, 0.4) is 0 Å². The van der Waals surface area contributed by atoms with Crippen molar-refractivity contribution in [1.82, 2.24) is 0 Å². The highest BCUT2D eigenvalue weighted by Crippen LogP contribution is 2.01. The highest BCUT2D eigenvalue weighted by atomic mass is 16.6. The van der Waals surface area contributed by atoms with Gasteiger partial charge in [0, 0.05) is 13.0 Å². The summed E-state index contributed by atoms with van der Waals surface area (Å²) in [6.07, 6.45) is -0.194. The van der Waals surface area contributed by atoms with Gasteiger partial charge in [-0.3, -0.25) is 0 Å². The first-order valence-corrected chi connectivity index (χ1v) is 4.51. The smallest absolute Gasteiger partial charge is 0.365 e. The maximum absolute atomic E-state index is 11.3. The van der Waals surface area contributed by atoms with Crippen LogP contribution in [0.4, 0.5) is 0 Å². The van der Waals surface area contributed by atoms with Gasteiger partial charge in [-0.2, -0.15) is 0 Å². The number of carbonyl (C=O) groups excluding carboxylic acids is 1. The van der Waals surface area contributed by atoms with E-state index in [0.29, 0.717) is 6.61 Å². The predicted octanol–water partition coefficient (Wildman–Crippen LogP) is -0.169. The van der Waals surface area contributed by atoms with E-state index >= 15 is 0 Å². The van der Waals surface area contributed by atoms with E-state index in [9.17, 15) is 4.79 Å². The van der Waals surface area contributed by atoms with Gasteiger partial charge in [-0.05, 0) is 6.92 Å². The van der Waals surface area contributed by atoms with Crippen molar-refractivity contribution in [2.24, 2.45) is 5.92 Å². The molecule has 4 nitrogen and oxygen atoms in total. The molecule has 13 heavy (non-hydrogen) atoms. The van der Waals surface area contributed by atoms with Crippen molar-refractivity contribution in [3.05, 3.63) is 0 Å². The molecule has 0 spiro atoms. The number of ether oxygens (including phenoxy) is 2. The average Bonchev–Trinajstić information content (AvgIpc) is 2.03. The molecule has 3 N–H and O–H groups in total. The van der Waals surface area contributed by atoms with Gasteiger partial charge in [-0.1, -0.05) is 13.8 Å². The molecule has 0 saturated carbocycles. The number of rotatable bonds is 5. The normalized spacial score (nSPS) is 15.5. The van der Waals surface area contributed by atoms with Crippen molar-refractivity contribution in [2.45, 2.75) is 32.9 Å². The molecular formula is C9H20NO3+.